The highest BCUT2D eigenvalue weighted by atomic mass is 16.5. The summed E-state index contributed by atoms with van der Waals surface area (Å²) >= 11 is 0. The molecular formula is C14H13NO3. The van der Waals surface area contributed by atoms with E-state index in [1.807, 2.05) is 24.3 Å². The third-order valence-corrected chi connectivity index (χ3v) is 3.33. The minimum absolute atomic E-state index is 0.0276. The molecule has 2 N–H and O–H groups in total. The van der Waals surface area contributed by atoms with Crippen LogP contribution in [0.1, 0.15) is 21.8 Å². The zero-order valence-electron chi connectivity index (χ0n) is 9.92. The van der Waals surface area contributed by atoms with Crippen LogP contribution in [0.5, 0.6) is 5.75 Å². The molecule has 18 heavy (non-hydrogen) atoms. The number of benzene rings is 1. The van der Waals surface area contributed by atoms with Crippen molar-refractivity contribution in [3.05, 3.63) is 47.6 Å². The number of ether oxygens (including phenoxy) is 2. The number of fused-ring (bicyclic) bond motifs is 3. The third kappa shape index (κ3) is 1.42. The van der Waals surface area contributed by atoms with Gasteiger partial charge in [0.1, 0.15) is 11.9 Å². The maximum atomic E-state index is 11.6. The number of hydrogen-bond acceptors (Lipinski definition) is 4. The summed E-state index contributed by atoms with van der Waals surface area (Å²) in [5.41, 5.74) is 7.72. The molecule has 0 radical (unpaired) electrons. The van der Waals surface area contributed by atoms with Crippen molar-refractivity contribution >= 4 is 11.7 Å². The average molecular weight is 243 g/mol. The summed E-state index contributed by atoms with van der Waals surface area (Å²) in [5, 5.41) is 0. The Morgan fingerprint density at radius 3 is 2.89 bits per heavy atom. The summed E-state index contributed by atoms with van der Waals surface area (Å²) in [5.74, 6) is 0.336. The molecule has 0 spiro atoms. The molecule has 4 heteroatoms. The van der Waals surface area contributed by atoms with Crippen molar-refractivity contribution in [1.29, 1.82) is 0 Å². The fourth-order valence-electron chi connectivity index (χ4n) is 2.41. The van der Waals surface area contributed by atoms with Crippen molar-refractivity contribution in [2.75, 3.05) is 12.8 Å². The Morgan fingerprint density at radius 1 is 1.33 bits per heavy atom. The number of carbonyl (C=O) groups excluding carboxylic acids is 1. The predicted octanol–water partition coefficient (Wildman–Crippen LogP) is 2.03. The number of nitrogen functional groups attached to an aromatic ring is 1. The van der Waals surface area contributed by atoms with Gasteiger partial charge < -0.3 is 15.2 Å². The first-order chi connectivity index (χ1) is 8.72. The first kappa shape index (κ1) is 10.9. The molecule has 2 unspecified atom stereocenters. The highest BCUT2D eigenvalue weighted by Crippen LogP contribution is 2.45. The molecule has 0 saturated carbocycles. The number of hydrogen-bond donors (Lipinski definition) is 1. The van der Waals surface area contributed by atoms with Crippen LogP contribution in [0.3, 0.4) is 0 Å². The molecule has 0 amide bonds. The van der Waals surface area contributed by atoms with Crippen molar-refractivity contribution in [3.8, 4) is 5.75 Å². The lowest BCUT2D eigenvalue weighted by Crippen LogP contribution is -2.15. The van der Waals surface area contributed by atoms with Gasteiger partial charge in [0, 0.05) is 11.5 Å². The number of esters is 1. The van der Waals surface area contributed by atoms with Gasteiger partial charge in [-0.25, -0.2) is 4.79 Å². The van der Waals surface area contributed by atoms with Gasteiger partial charge >= 0.3 is 5.97 Å². The second-order valence-corrected chi connectivity index (χ2v) is 4.31. The highest BCUT2D eigenvalue weighted by Gasteiger charge is 2.34. The lowest BCUT2D eigenvalue weighted by molar-refractivity contribution is 0.0601. The Morgan fingerprint density at radius 2 is 2.11 bits per heavy atom. The summed E-state index contributed by atoms with van der Waals surface area (Å²) in [6, 6.07) is 3.57. The predicted molar refractivity (Wildman–Crippen MR) is 67.6 cm³/mol. The lowest BCUT2D eigenvalue weighted by Gasteiger charge is -2.13. The smallest absolute Gasteiger partial charge is 0.340 e. The van der Waals surface area contributed by atoms with E-state index in [4.69, 9.17) is 15.2 Å². The normalized spacial score (nSPS) is 23.2. The Hall–Kier alpha value is -2.23. The standard InChI is InChI=1S/C14H13NO3/c1-17-14(16)10-7-6-9-8-4-2-3-5-11(8)18-13(9)12(10)15/h2-8,11H,15H2,1H3. The van der Waals surface area contributed by atoms with Crippen LogP contribution in [0.2, 0.25) is 0 Å². The van der Waals surface area contributed by atoms with Crippen LogP contribution in [0.4, 0.5) is 5.69 Å². The van der Waals surface area contributed by atoms with Crippen molar-refractivity contribution in [2.24, 2.45) is 0 Å². The SMILES string of the molecule is COC(=O)c1ccc2c(c1N)OC1C=CC=CC21. The van der Waals surface area contributed by atoms with Crippen LogP contribution >= 0.6 is 0 Å². The maximum Gasteiger partial charge on any atom is 0.340 e. The van der Waals surface area contributed by atoms with E-state index in [0.29, 0.717) is 17.0 Å². The van der Waals surface area contributed by atoms with E-state index >= 15 is 0 Å². The van der Waals surface area contributed by atoms with Gasteiger partial charge in [-0.15, -0.1) is 0 Å². The van der Waals surface area contributed by atoms with E-state index in [1.165, 1.54) is 7.11 Å². The molecule has 0 bridgehead atoms. The van der Waals surface area contributed by atoms with E-state index in [2.05, 4.69) is 6.08 Å². The van der Waals surface area contributed by atoms with Crippen molar-refractivity contribution in [2.45, 2.75) is 12.0 Å². The number of methoxy groups -OCH3 is 1. The second-order valence-electron chi connectivity index (χ2n) is 4.31. The van der Waals surface area contributed by atoms with Crippen molar-refractivity contribution in [3.63, 3.8) is 0 Å². The van der Waals surface area contributed by atoms with Crippen molar-refractivity contribution < 1.29 is 14.3 Å². The summed E-state index contributed by atoms with van der Waals surface area (Å²) in [6.45, 7) is 0. The van der Waals surface area contributed by atoms with E-state index in [-0.39, 0.29) is 12.0 Å². The molecular weight excluding hydrogens is 230 g/mol. The van der Waals surface area contributed by atoms with Gasteiger partial charge in [-0.1, -0.05) is 24.3 Å². The summed E-state index contributed by atoms with van der Waals surface area (Å²) in [7, 11) is 1.33. The van der Waals surface area contributed by atoms with E-state index in [0.717, 1.165) is 5.56 Å². The van der Waals surface area contributed by atoms with Gasteiger partial charge in [0.25, 0.3) is 0 Å². The van der Waals surface area contributed by atoms with Gasteiger partial charge in [-0.05, 0) is 12.1 Å². The van der Waals surface area contributed by atoms with E-state index in [1.54, 1.807) is 6.07 Å². The minimum Gasteiger partial charge on any atom is -0.483 e. The zero-order chi connectivity index (χ0) is 12.7. The molecule has 1 aromatic carbocycles. The molecule has 4 nitrogen and oxygen atoms in total. The number of carbonyl (C=O) groups is 1. The first-order valence-corrected chi connectivity index (χ1v) is 5.74. The van der Waals surface area contributed by atoms with E-state index in [9.17, 15) is 4.79 Å². The molecule has 0 saturated heterocycles. The van der Waals surface area contributed by atoms with Gasteiger partial charge in [-0.2, -0.15) is 0 Å². The van der Waals surface area contributed by atoms with Crippen molar-refractivity contribution in [1.82, 2.24) is 0 Å². The fourth-order valence-corrected chi connectivity index (χ4v) is 2.41. The topological polar surface area (TPSA) is 61.5 Å². The Labute approximate surface area is 105 Å². The quantitative estimate of drug-likeness (QED) is 0.605. The molecule has 2 atom stereocenters. The number of anilines is 1. The molecule has 92 valence electrons. The maximum absolute atomic E-state index is 11.6. The van der Waals surface area contributed by atoms with Gasteiger partial charge in [0.05, 0.1) is 18.4 Å². The Bertz CT molecular complexity index is 575. The molecule has 3 rings (SSSR count). The Balaban J connectivity index is 2.09. The van der Waals surface area contributed by atoms with Gasteiger partial charge in [0.2, 0.25) is 0 Å². The average Bonchev–Trinajstić information content (AvgIpc) is 2.78. The monoisotopic (exact) mass is 243 g/mol. The molecule has 2 aliphatic rings. The van der Waals surface area contributed by atoms with E-state index < -0.39 is 5.97 Å². The van der Waals surface area contributed by atoms with Crippen LogP contribution in [-0.4, -0.2) is 19.2 Å². The Kier molecular flexibility index (Phi) is 2.37. The first-order valence-electron chi connectivity index (χ1n) is 5.74. The van der Waals surface area contributed by atoms with Crippen LogP contribution in [-0.2, 0) is 4.74 Å². The molecule has 1 aliphatic heterocycles. The number of rotatable bonds is 1. The lowest BCUT2D eigenvalue weighted by atomic mass is 9.91. The number of allylic oxidation sites excluding steroid dienone is 2. The molecule has 0 aromatic heterocycles. The van der Waals surface area contributed by atoms with Gasteiger partial charge in [-0.3, -0.25) is 0 Å². The fraction of sp³-hybridized carbons (Fsp3) is 0.214. The minimum atomic E-state index is -0.445. The third-order valence-electron chi connectivity index (χ3n) is 3.33. The van der Waals surface area contributed by atoms with Crippen LogP contribution in [0.15, 0.2) is 36.4 Å². The van der Waals surface area contributed by atoms with Crippen LogP contribution in [0.25, 0.3) is 0 Å². The highest BCUT2D eigenvalue weighted by molar-refractivity contribution is 5.97. The zero-order valence-corrected chi connectivity index (χ0v) is 9.92. The van der Waals surface area contributed by atoms with Gasteiger partial charge in [0.15, 0.2) is 0 Å². The number of nitrogens with two attached hydrogens (primary N) is 1. The molecule has 1 heterocycles. The summed E-state index contributed by atoms with van der Waals surface area (Å²) in [6.07, 6.45) is 7.98. The second kappa shape index (κ2) is 3.91. The molecule has 1 aliphatic carbocycles. The molecule has 0 fully saturated rings. The summed E-state index contributed by atoms with van der Waals surface area (Å²) in [4.78, 5) is 11.6. The molecule has 1 aromatic rings. The largest absolute Gasteiger partial charge is 0.483 e. The van der Waals surface area contributed by atoms with Crippen LogP contribution in [0, 0.1) is 0 Å². The van der Waals surface area contributed by atoms with Crippen LogP contribution < -0.4 is 10.5 Å². The summed E-state index contributed by atoms with van der Waals surface area (Å²) < 4.78 is 10.5.